The molecule has 0 aliphatic carbocycles. The number of nitrogens with zero attached hydrogens (tertiary/aromatic N) is 3. The van der Waals surface area contributed by atoms with Crippen LogP contribution in [0.1, 0.15) is 38.0 Å². The highest BCUT2D eigenvalue weighted by Crippen LogP contribution is 2.38. The molecule has 0 aromatic heterocycles. The van der Waals surface area contributed by atoms with Crippen LogP contribution in [0.2, 0.25) is 0 Å². The fourth-order valence-electron chi connectivity index (χ4n) is 4.90. The number of amides is 3. The Morgan fingerprint density at radius 1 is 1.00 bits per heavy atom. The maximum Gasteiger partial charge on any atom is 0.341 e. The molecular formula is C33H37N5O5. The average molecular weight is 584 g/mol. The molecule has 2 N–H and O–H groups in total. The van der Waals surface area contributed by atoms with Crippen molar-refractivity contribution in [2.45, 2.75) is 33.8 Å². The minimum Gasteiger partial charge on any atom is -0.487 e. The zero-order chi connectivity index (χ0) is 30.4. The quantitative estimate of drug-likeness (QED) is 0.245. The third-order valence-electron chi connectivity index (χ3n) is 7.40. The number of urea groups is 1. The van der Waals surface area contributed by atoms with Crippen LogP contribution in [0.15, 0.2) is 94.6 Å². The summed E-state index contributed by atoms with van der Waals surface area (Å²) in [6.45, 7) is 10.4. The molecule has 1 fully saturated rings. The molecule has 1 saturated heterocycles. The lowest BCUT2D eigenvalue weighted by molar-refractivity contribution is -0.137. The summed E-state index contributed by atoms with van der Waals surface area (Å²) >= 11 is 0. The normalized spacial score (nSPS) is 17.2. The molecule has 1 atom stereocenters. The second kappa shape index (κ2) is 13.1. The highest BCUT2D eigenvalue weighted by molar-refractivity contribution is 6.03. The summed E-state index contributed by atoms with van der Waals surface area (Å²) < 4.78 is 17.3. The van der Waals surface area contributed by atoms with E-state index in [2.05, 4.69) is 41.9 Å². The maximum atomic E-state index is 12.9. The van der Waals surface area contributed by atoms with Crippen LogP contribution in [0.3, 0.4) is 0 Å². The molecule has 0 spiro atoms. The van der Waals surface area contributed by atoms with Crippen LogP contribution in [0.25, 0.3) is 10.8 Å². The number of nitrogens with one attached hydrogen (secondary N) is 2. The third kappa shape index (κ3) is 7.21. The number of hydrogen-bond acceptors (Lipinski definition) is 7. The van der Waals surface area contributed by atoms with Crippen LogP contribution in [0.5, 0.6) is 5.75 Å². The van der Waals surface area contributed by atoms with Crippen LogP contribution in [0.4, 0.5) is 10.5 Å². The predicted molar refractivity (Wildman–Crippen MR) is 164 cm³/mol. The Hall–Kier alpha value is -4.70. The fourth-order valence-corrected chi connectivity index (χ4v) is 4.90. The van der Waals surface area contributed by atoms with E-state index in [-0.39, 0.29) is 17.9 Å². The second-order valence-electron chi connectivity index (χ2n) is 11.5. The lowest BCUT2D eigenvalue weighted by Gasteiger charge is -2.28. The lowest BCUT2D eigenvalue weighted by Crippen LogP contribution is -2.42. The van der Waals surface area contributed by atoms with Crippen molar-refractivity contribution in [1.82, 2.24) is 10.3 Å². The molecule has 43 heavy (non-hydrogen) atoms. The van der Waals surface area contributed by atoms with E-state index >= 15 is 0 Å². The fraction of sp³-hybridized carbons (Fsp3) is 0.333. The number of fused-ring (bicyclic) bond motifs is 1. The van der Waals surface area contributed by atoms with Gasteiger partial charge in [0.25, 0.3) is 5.91 Å². The minimum atomic E-state index is -0.554. The zero-order valence-electron chi connectivity index (χ0n) is 24.9. The van der Waals surface area contributed by atoms with Crippen molar-refractivity contribution in [3.8, 4) is 5.75 Å². The van der Waals surface area contributed by atoms with Crippen molar-refractivity contribution in [3.05, 3.63) is 95.4 Å². The smallest absolute Gasteiger partial charge is 0.341 e. The highest BCUT2D eigenvalue weighted by Gasteiger charge is 2.27. The second-order valence-corrected chi connectivity index (χ2v) is 11.5. The van der Waals surface area contributed by atoms with Crippen LogP contribution >= 0.6 is 0 Å². The molecule has 10 heteroatoms. The van der Waals surface area contributed by atoms with E-state index < -0.39 is 12.1 Å². The van der Waals surface area contributed by atoms with E-state index in [4.69, 9.17) is 14.2 Å². The van der Waals surface area contributed by atoms with Gasteiger partial charge in [-0.1, -0.05) is 74.5 Å². The summed E-state index contributed by atoms with van der Waals surface area (Å²) in [6.07, 6.45) is 3.28. The van der Waals surface area contributed by atoms with E-state index in [1.807, 2.05) is 61.5 Å². The van der Waals surface area contributed by atoms with E-state index in [0.717, 1.165) is 27.5 Å². The number of hydrogen-bond donors (Lipinski definition) is 2. The number of benzene rings is 3. The van der Waals surface area contributed by atoms with Crippen molar-refractivity contribution >= 4 is 28.4 Å². The molecule has 10 nitrogen and oxygen atoms in total. The Morgan fingerprint density at radius 3 is 2.47 bits per heavy atom. The molecule has 3 aromatic rings. The van der Waals surface area contributed by atoms with E-state index in [9.17, 15) is 9.59 Å². The largest absolute Gasteiger partial charge is 0.487 e. The Labute approximate surface area is 251 Å². The summed E-state index contributed by atoms with van der Waals surface area (Å²) in [5, 5.41) is 12.8. The summed E-state index contributed by atoms with van der Waals surface area (Å²) in [5.74, 6) is 0.463. The lowest BCUT2D eigenvalue weighted by atomic mass is 9.85. The van der Waals surface area contributed by atoms with Gasteiger partial charge in [-0.2, -0.15) is 0 Å². The van der Waals surface area contributed by atoms with Gasteiger partial charge in [0.1, 0.15) is 11.4 Å². The summed E-state index contributed by atoms with van der Waals surface area (Å²) in [6, 6.07) is 18.4. The topological polar surface area (TPSA) is 114 Å². The highest BCUT2D eigenvalue weighted by atomic mass is 16.5. The van der Waals surface area contributed by atoms with Crippen LogP contribution in [-0.4, -0.2) is 49.7 Å². The first-order valence-corrected chi connectivity index (χ1v) is 14.3. The summed E-state index contributed by atoms with van der Waals surface area (Å²) in [5.41, 5.74) is 6.47. The molecule has 3 amide bonds. The number of morpholine rings is 1. The van der Waals surface area contributed by atoms with Gasteiger partial charge in [0.2, 0.25) is 0 Å². The first kappa shape index (κ1) is 29.8. The molecule has 1 unspecified atom stereocenters. The molecule has 224 valence electrons. The van der Waals surface area contributed by atoms with Gasteiger partial charge in [0.05, 0.1) is 25.2 Å². The van der Waals surface area contributed by atoms with Gasteiger partial charge >= 0.3 is 6.03 Å². The van der Waals surface area contributed by atoms with Gasteiger partial charge in [-0.15, -0.1) is 5.11 Å². The zero-order valence-corrected chi connectivity index (χ0v) is 24.9. The average Bonchev–Trinajstić information content (AvgIpc) is 3.01. The van der Waals surface area contributed by atoms with E-state index in [1.54, 1.807) is 23.3 Å². The molecule has 0 saturated carbocycles. The number of carbonyl (C=O) groups is 2. The molecular weight excluding hydrogens is 546 g/mol. The van der Waals surface area contributed by atoms with Crippen molar-refractivity contribution in [2.24, 2.45) is 15.8 Å². The van der Waals surface area contributed by atoms with Gasteiger partial charge < -0.3 is 24.4 Å². The van der Waals surface area contributed by atoms with Crippen LogP contribution in [-0.2, 0) is 14.3 Å². The van der Waals surface area contributed by atoms with Crippen LogP contribution in [0, 0.1) is 12.3 Å². The van der Waals surface area contributed by atoms with Gasteiger partial charge in [-0.25, -0.2) is 10.2 Å². The summed E-state index contributed by atoms with van der Waals surface area (Å²) in [4.78, 5) is 27.2. The number of ether oxygens (including phenoxy) is 3. The Balaban J connectivity index is 1.28. The maximum absolute atomic E-state index is 12.9. The van der Waals surface area contributed by atoms with Gasteiger partial charge in [0.15, 0.2) is 12.7 Å². The molecule has 0 radical (unpaired) electrons. The molecule has 2 heterocycles. The van der Waals surface area contributed by atoms with E-state index in [1.165, 1.54) is 0 Å². The van der Waals surface area contributed by atoms with Gasteiger partial charge in [0, 0.05) is 29.4 Å². The van der Waals surface area contributed by atoms with Crippen molar-refractivity contribution in [1.29, 1.82) is 0 Å². The summed E-state index contributed by atoms with van der Waals surface area (Å²) in [7, 11) is 0. The van der Waals surface area contributed by atoms with Crippen molar-refractivity contribution in [2.75, 3.05) is 38.2 Å². The van der Waals surface area contributed by atoms with Gasteiger partial charge in [-0.3, -0.25) is 4.79 Å². The first-order valence-electron chi connectivity index (χ1n) is 14.3. The monoisotopic (exact) mass is 583 g/mol. The van der Waals surface area contributed by atoms with Crippen LogP contribution < -0.4 is 15.5 Å². The molecule has 2 aliphatic heterocycles. The number of carbonyl (C=O) groups excluding carboxylic acids is 2. The van der Waals surface area contributed by atoms with Gasteiger partial charge in [-0.05, 0) is 41.7 Å². The number of anilines is 1. The predicted octanol–water partition coefficient (Wildman–Crippen LogP) is 6.46. The Morgan fingerprint density at radius 2 is 1.72 bits per heavy atom. The number of aryl methyl sites for hydroxylation is 1. The van der Waals surface area contributed by atoms with Crippen molar-refractivity contribution < 1.29 is 23.8 Å². The number of allylic oxidation sites excluding steroid dienone is 2. The Bertz CT molecular complexity index is 1580. The standard InChI is InChI=1S/C33H37N5O5/c1-22-9-5-6-10-24(22)31-28(19-23(20-43-31)33(2,3)4)35-37-36-32(40)34-27-13-14-29(26-12-8-7-11-25(26)27)42-21-30(39)38-15-17-41-18-16-38/h5-14,19-20,31H,15-18,21H2,1-4H3,(H2,34,35,36,40). The molecule has 3 aromatic carbocycles. The Kier molecular flexibility index (Phi) is 9.06. The first-order chi connectivity index (χ1) is 20.7. The third-order valence-corrected chi connectivity index (χ3v) is 7.40. The van der Waals surface area contributed by atoms with Crippen molar-refractivity contribution in [3.63, 3.8) is 0 Å². The SMILES string of the molecule is Cc1ccccc1C1OC=C(C(C)(C)C)C=C1N=NNC(=O)Nc1ccc(OCC(=O)N2CCOCC2)c2ccccc12. The molecule has 5 rings (SSSR count). The molecule has 2 aliphatic rings. The number of rotatable bonds is 7. The van der Waals surface area contributed by atoms with E-state index in [0.29, 0.717) is 43.4 Å². The minimum absolute atomic E-state index is 0.0766. The molecule has 0 bridgehead atoms.